The smallest absolute Gasteiger partial charge is 0.404 e. The summed E-state index contributed by atoms with van der Waals surface area (Å²) in [5.74, 6) is -1.61. The monoisotopic (exact) mass is 1020 g/mol. The molecule has 1 unspecified atom stereocenters. The number of esters is 1. The molecule has 4 aromatic rings. The van der Waals surface area contributed by atoms with Gasteiger partial charge >= 0.3 is 12.1 Å². The second-order valence-corrected chi connectivity index (χ2v) is 19.3. The quantitative estimate of drug-likeness (QED) is 0.0697. The Morgan fingerprint density at radius 1 is 0.945 bits per heavy atom. The number of nitrogens with zero attached hydrogens (tertiary/aromatic N) is 7. The van der Waals surface area contributed by atoms with E-state index < -0.39 is 60.5 Å². The van der Waals surface area contributed by atoms with Crippen molar-refractivity contribution in [2.75, 3.05) is 35.5 Å². The Morgan fingerprint density at radius 3 is 2.32 bits per heavy atom. The van der Waals surface area contributed by atoms with E-state index in [2.05, 4.69) is 20.3 Å². The molecular formula is C51H75N9O13. The number of Topliss-reactive ketones (excluding diaryl/α,β-unsaturated/α-hetero) is 1. The molecule has 22 heteroatoms. The van der Waals surface area contributed by atoms with Gasteiger partial charge in [-0.15, -0.1) is 5.10 Å². The van der Waals surface area contributed by atoms with Crippen LogP contribution in [-0.2, 0) is 49.3 Å². The number of carbonyl (C=O) groups excluding carboxylic acids is 4. The molecule has 5 rings (SSSR count). The molecule has 4 N–H and O–H groups in total. The van der Waals surface area contributed by atoms with E-state index in [1.807, 2.05) is 53.7 Å². The van der Waals surface area contributed by atoms with Crippen molar-refractivity contribution >= 4 is 30.3 Å². The Balaban J connectivity index is 1.44. The standard InChI is InChI=1S/C51H75N9O13/c1-29-19-36(72-51(53)64)21-46(63)73-44(22-43(66-9)30(2)15-16-41(62)33(5)47(67-10)31(3)17-18-59(7)28-61)34(6)42(65-8)13-12-14-45-54-38(26-69-45)49-56-39(27-71-49)50-55-37(25-70-50)48(68-11)32(4)40(20-29)60-24-35(23-52)57-58-60/h12,14,17-18,24-34,36,40,42-44,47-48H,13,15-16,19-23,52H2,1-11H3,(H2,53,64)/b14-12+,18-17+/t29-,30-,31+,32-,33-,34+,36?,40+,42-,43+,44-,47+,48+/m0/s1. The van der Waals surface area contributed by atoms with Crippen molar-refractivity contribution in [2.45, 2.75) is 136 Å². The molecule has 0 aromatic carbocycles. The highest BCUT2D eigenvalue weighted by Gasteiger charge is 2.37. The fourth-order valence-electron chi connectivity index (χ4n) is 9.61. The second-order valence-electron chi connectivity index (χ2n) is 19.3. The molecule has 1 aliphatic rings. The molecule has 22 nitrogen and oxygen atoms in total. The third kappa shape index (κ3) is 16.0. The molecule has 0 saturated carbocycles. The van der Waals surface area contributed by atoms with E-state index in [0.717, 1.165) is 0 Å². The van der Waals surface area contributed by atoms with Crippen molar-refractivity contribution in [3.8, 4) is 23.2 Å². The predicted molar refractivity (Wildman–Crippen MR) is 265 cm³/mol. The molecule has 1 aliphatic heterocycles. The highest BCUT2D eigenvalue weighted by molar-refractivity contribution is 5.81. The summed E-state index contributed by atoms with van der Waals surface area (Å²) in [5.41, 5.74) is 13.3. The minimum Gasteiger partial charge on any atom is -0.462 e. The molecule has 0 spiro atoms. The number of rotatable bonds is 19. The van der Waals surface area contributed by atoms with Gasteiger partial charge < -0.3 is 58.0 Å². The number of nitrogens with two attached hydrogens (primary N) is 2. The molecule has 5 heterocycles. The zero-order chi connectivity index (χ0) is 53.4. The van der Waals surface area contributed by atoms with Gasteiger partial charge in [0.25, 0.3) is 0 Å². The van der Waals surface area contributed by atoms with Gasteiger partial charge in [0.15, 0.2) is 11.4 Å². The van der Waals surface area contributed by atoms with Crippen LogP contribution in [0.3, 0.4) is 0 Å². The summed E-state index contributed by atoms with van der Waals surface area (Å²) in [6.07, 6.45) is 10.9. The van der Waals surface area contributed by atoms with E-state index in [1.54, 1.807) is 58.6 Å². The molecule has 0 radical (unpaired) electrons. The topological polar surface area (TPSA) is 288 Å². The van der Waals surface area contributed by atoms with Crippen LogP contribution in [0.15, 0.2) is 56.6 Å². The number of cyclic esters (lactones) is 1. The van der Waals surface area contributed by atoms with Crippen LogP contribution in [0, 0.1) is 35.5 Å². The maximum atomic E-state index is 14.2. The fraction of sp³-hybridized carbons (Fsp3) is 0.627. The number of hydrogen-bond donors (Lipinski definition) is 2. The third-order valence-electron chi connectivity index (χ3n) is 13.9. The van der Waals surface area contributed by atoms with Gasteiger partial charge in [-0.3, -0.25) is 14.4 Å². The van der Waals surface area contributed by atoms with Crippen molar-refractivity contribution in [3.63, 3.8) is 0 Å². The van der Waals surface area contributed by atoms with Gasteiger partial charge in [0.2, 0.25) is 24.1 Å². The molecule has 13 atom stereocenters. The van der Waals surface area contributed by atoms with Crippen LogP contribution in [0.1, 0.15) is 116 Å². The maximum Gasteiger partial charge on any atom is 0.404 e. The Bertz CT molecular complexity index is 2410. The van der Waals surface area contributed by atoms with Crippen LogP contribution in [0.2, 0.25) is 0 Å². The molecular weight excluding hydrogens is 947 g/mol. The van der Waals surface area contributed by atoms with Gasteiger partial charge in [-0.2, -0.15) is 0 Å². The lowest BCUT2D eigenvalue weighted by Crippen LogP contribution is -2.39. The summed E-state index contributed by atoms with van der Waals surface area (Å²) in [4.78, 5) is 66.7. The average molecular weight is 1020 g/mol. The number of ether oxygens (including phenoxy) is 6. The van der Waals surface area contributed by atoms with Crippen LogP contribution in [0.25, 0.3) is 29.2 Å². The number of oxazole rings is 3. The highest BCUT2D eigenvalue weighted by Crippen LogP contribution is 2.39. The lowest BCUT2D eigenvalue weighted by atomic mass is 9.84. The Kier molecular flexibility index (Phi) is 22.0. The normalized spacial score (nSPS) is 25.1. The summed E-state index contributed by atoms with van der Waals surface area (Å²) in [6, 6.07) is -0.372. The van der Waals surface area contributed by atoms with Gasteiger partial charge in [0.1, 0.15) is 48.6 Å². The molecule has 402 valence electrons. The first-order valence-electron chi connectivity index (χ1n) is 24.7. The lowest BCUT2D eigenvalue weighted by molar-refractivity contribution is -0.160. The third-order valence-corrected chi connectivity index (χ3v) is 13.9. The maximum absolute atomic E-state index is 14.2. The Labute approximate surface area is 426 Å². The van der Waals surface area contributed by atoms with Gasteiger partial charge in [-0.25, -0.2) is 24.4 Å². The van der Waals surface area contributed by atoms with E-state index in [-0.39, 0.29) is 85.4 Å². The van der Waals surface area contributed by atoms with E-state index in [0.29, 0.717) is 48.4 Å². The van der Waals surface area contributed by atoms with E-state index >= 15 is 0 Å². The fourth-order valence-corrected chi connectivity index (χ4v) is 9.61. The van der Waals surface area contributed by atoms with Crippen LogP contribution in [-0.4, -0.2) is 125 Å². The van der Waals surface area contributed by atoms with Crippen molar-refractivity contribution in [1.29, 1.82) is 0 Å². The first kappa shape index (κ1) is 57.8. The first-order valence-corrected chi connectivity index (χ1v) is 24.7. The first-order chi connectivity index (χ1) is 34.9. The average Bonchev–Trinajstić information content (AvgIpc) is 4.22. The number of amides is 2. The van der Waals surface area contributed by atoms with Crippen LogP contribution in [0.5, 0.6) is 0 Å². The van der Waals surface area contributed by atoms with E-state index in [4.69, 9.17) is 58.1 Å². The number of carbonyl (C=O) groups is 4. The summed E-state index contributed by atoms with van der Waals surface area (Å²) in [5, 5.41) is 8.69. The second kappa shape index (κ2) is 27.8. The number of hydrogen-bond acceptors (Lipinski definition) is 19. The summed E-state index contributed by atoms with van der Waals surface area (Å²) in [7, 11) is 7.95. The number of ketones is 1. The van der Waals surface area contributed by atoms with Crippen LogP contribution < -0.4 is 11.5 Å². The molecule has 0 saturated heterocycles. The minimum atomic E-state index is -1.04. The van der Waals surface area contributed by atoms with Crippen LogP contribution >= 0.6 is 0 Å². The predicted octanol–water partition coefficient (Wildman–Crippen LogP) is 7.13. The van der Waals surface area contributed by atoms with E-state index in [9.17, 15) is 19.2 Å². The van der Waals surface area contributed by atoms with E-state index in [1.165, 1.54) is 23.7 Å². The molecule has 0 fully saturated rings. The molecule has 0 aliphatic carbocycles. The number of methoxy groups -OCH3 is 4. The number of aromatic nitrogens is 6. The zero-order valence-corrected chi connectivity index (χ0v) is 44.0. The summed E-state index contributed by atoms with van der Waals surface area (Å²) >= 11 is 0. The molecule has 4 aromatic heterocycles. The molecule has 73 heavy (non-hydrogen) atoms. The van der Waals surface area contributed by atoms with Crippen molar-refractivity contribution in [2.24, 2.45) is 47.0 Å². The number of fused-ring (bicyclic) bond motifs is 8. The highest BCUT2D eigenvalue weighted by atomic mass is 16.6. The van der Waals surface area contributed by atoms with Crippen molar-refractivity contribution in [1.82, 2.24) is 34.8 Å². The SMILES string of the molecule is CO[C@H]([C@H](C)/C=C/N(C)C=O)[C@@H](C)C(=O)CC[C@H](C)[C@@H](C[C@@H]1OC(=O)CC(OC(N)=O)C[C@H](C)C[C@@H](n2cc(CN)nn2)[C@H](C)[C@@H](OC)c2coc(n2)-c2coc(n2)-c2coc(n2)/C=C/C[C@H](OC)[C@H]1C)OC. The van der Waals surface area contributed by atoms with Gasteiger partial charge in [0.05, 0.1) is 42.7 Å². The largest absolute Gasteiger partial charge is 0.462 e. The zero-order valence-electron chi connectivity index (χ0n) is 44.0. The molecule has 6 bridgehead atoms. The van der Waals surface area contributed by atoms with Gasteiger partial charge in [-0.1, -0.05) is 58.9 Å². The van der Waals surface area contributed by atoms with Crippen molar-refractivity contribution in [3.05, 3.63) is 60.6 Å². The Morgan fingerprint density at radius 2 is 1.66 bits per heavy atom. The van der Waals surface area contributed by atoms with Gasteiger partial charge in [0, 0.05) is 84.7 Å². The molecule has 2 amide bonds. The summed E-state index contributed by atoms with van der Waals surface area (Å²) < 4.78 is 55.1. The summed E-state index contributed by atoms with van der Waals surface area (Å²) in [6.45, 7) is 11.8. The minimum absolute atomic E-state index is 0.0197. The Hall–Kier alpha value is -6.07. The van der Waals surface area contributed by atoms with Crippen molar-refractivity contribution < 1.29 is 60.9 Å². The lowest BCUT2D eigenvalue weighted by Gasteiger charge is -2.34. The van der Waals surface area contributed by atoms with Crippen LogP contribution in [0.4, 0.5) is 4.79 Å². The van der Waals surface area contributed by atoms with Gasteiger partial charge in [-0.05, 0) is 43.6 Å². The number of primary amides is 1.